The summed E-state index contributed by atoms with van der Waals surface area (Å²) in [5.41, 5.74) is 0.621. The lowest BCUT2D eigenvalue weighted by Crippen LogP contribution is -2.52. The molecule has 3 aromatic rings. The molecule has 14 heteroatoms. The summed E-state index contributed by atoms with van der Waals surface area (Å²) in [6, 6.07) is 6.87. The van der Waals surface area contributed by atoms with Crippen molar-refractivity contribution in [3.63, 3.8) is 0 Å². The van der Waals surface area contributed by atoms with Crippen LogP contribution in [0, 0.1) is 15.9 Å². The third-order valence-corrected chi connectivity index (χ3v) is 6.89. The predicted molar refractivity (Wildman–Crippen MR) is 139 cm³/mol. The Morgan fingerprint density at radius 3 is 2.72 bits per heavy atom. The maximum absolute atomic E-state index is 13.5. The Labute approximate surface area is 226 Å². The highest BCUT2D eigenvalue weighted by Crippen LogP contribution is 2.35. The highest BCUT2D eigenvalue weighted by molar-refractivity contribution is 6.31. The van der Waals surface area contributed by atoms with Crippen LogP contribution in [0.15, 0.2) is 36.7 Å². The lowest BCUT2D eigenvalue weighted by Gasteiger charge is -2.35. The van der Waals surface area contributed by atoms with Crippen molar-refractivity contribution in [2.45, 2.75) is 18.9 Å². The molecule has 0 saturated carbocycles. The number of nitro benzene ring substituents is 1. The fourth-order valence-electron chi connectivity index (χ4n) is 4.52. The fourth-order valence-corrected chi connectivity index (χ4v) is 4.70. The van der Waals surface area contributed by atoms with Gasteiger partial charge in [0.15, 0.2) is 11.9 Å². The third kappa shape index (κ3) is 5.99. The van der Waals surface area contributed by atoms with Gasteiger partial charge in [0, 0.05) is 63.4 Å². The van der Waals surface area contributed by atoms with E-state index >= 15 is 0 Å². The van der Waals surface area contributed by atoms with Crippen molar-refractivity contribution in [1.82, 2.24) is 19.8 Å². The molecule has 2 fully saturated rings. The van der Waals surface area contributed by atoms with Gasteiger partial charge in [0.05, 0.1) is 20.8 Å². The van der Waals surface area contributed by atoms with Crippen molar-refractivity contribution in [1.29, 1.82) is 0 Å². The van der Waals surface area contributed by atoms with E-state index in [1.165, 1.54) is 36.7 Å². The molecule has 5 rings (SSSR count). The normalized spacial score (nSPS) is 17.7. The lowest BCUT2D eigenvalue weighted by molar-refractivity contribution is -0.385. The molecule has 1 atom stereocenters. The number of carbonyl (C=O) groups excluding carboxylic acids is 2. The molecule has 1 unspecified atom stereocenters. The zero-order valence-corrected chi connectivity index (χ0v) is 21.4. The minimum absolute atomic E-state index is 0.0684. The highest BCUT2D eigenvalue weighted by Gasteiger charge is 2.34. The first kappa shape index (κ1) is 26.5. The monoisotopic (exact) mass is 558 g/mol. The summed E-state index contributed by atoms with van der Waals surface area (Å²) in [6.45, 7) is 2.88. The number of anilines is 2. The second-order valence-corrected chi connectivity index (χ2v) is 9.51. The zero-order chi connectivity index (χ0) is 27.5. The van der Waals surface area contributed by atoms with Crippen LogP contribution in [0.5, 0.6) is 5.75 Å². The van der Waals surface area contributed by atoms with Gasteiger partial charge in [-0.2, -0.15) is 0 Å². The number of benzene rings is 2. The molecule has 1 aromatic heterocycles. The van der Waals surface area contributed by atoms with Crippen LogP contribution in [-0.4, -0.2) is 82.0 Å². The Kier molecular flexibility index (Phi) is 7.70. The van der Waals surface area contributed by atoms with Crippen molar-refractivity contribution in [2.75, 3.05) is 44.6 Å². The summed E-state index contributed by atoms with van der Waals surface area (Å²) in [4.78, 5) is 47.3. The molecule has 1 amide bonds. The molecule has 12 nitrogen and oxygen atoms in total. The molecule has 0 spiro atoms. The maximum atomic E-state index is 13.5. The van der Waals surface area contributed by atoms with E-state index in [-0.39, 0.29) is 47.2 Å². The van der Waals surface area contributed by atoms with Crippen molar-refractivity contribution in [3.8, 4) is 5.75 Å². The number of hydrogen-bond donors (Lipinski definition) is 1. The summed E-state index contributed by atoms with van der Waals surface area (Å²) < 4.78 is 24.4. The second kappa shape index (κ2) is 11.3. The van der Waals surface area contributed by atoms with Crippen LogP contribution in [0.25, 0.3) is 10.9 Å². The number of rotatable bonds is 8. The average molecular weight is 559 g/mol. The zero-order valence-electron chi connectivity index (χ0n) is 20.6. The van der Waals surface area contributed by atoms with Gasteiger partial charge >= 0.3 is 11.7 Å². The topological polar surface area (TPSA) is 140 Å². The molecule has 2 aromatic carbocycles. The van der Waals surface area contributed by atoms with Gasteiger partial charge in [0.1, 0.15) is 24.6 Å². The molecule has 39 heavy (non-hydrogen) atoms. The van der Waals surface area contributed by atoms with Crippen LogP contribution < -0.4 is 10.1 Å². The van der Waals surface area contributed by atoms with Gasteiger partial charge in [-0.25, -0.2) is 14.4 Å². The number of nitro groups is 1. The molecular formula is C25H24ClFN6O6. The largest absolute Gasteiger partial charge is 0.485 e. The Morgan fingerprint density at radius 2 is 2.03 bits per heavy atom. The molecule has 2 aliphatic rings. The van der Waals surface area contributed by atoms with Crippen LogP contribution in [0.3, 0.4) is 0 Å². The molecular weight excluding hydrogens is 535 g/mol. The molecule has 204 valence electrons. The van der Waals surface area contributed by atoms with E-state index in [4.69, 9.17) is 21.1 Å². The fraction of sp³-hybridized carbons (Fsp3) is 0.360. The minimum Gasteiger partial charge on any atom is -0.485 e. The summed E-state index contributed by atoms with van der Waals surface area (Å²) >= 11 is 5.85. The Balaban J connectivity index is 1.22. The number of halogens is 2. The SMILES string of the molecule is O=C1CCC(C(=O)N2CCN(CCOc3cc4ncnc(Nc5ccc(F)c(Cl)c5)c4cc3[N+](=O)[O-])CC2)O1. The Morgan fingerprint density at radius 1 is 1.23 bits per heavy atom. The standard InChI is InChI=1S/C25H24ClFN6O6/c26-17-11-15(1-2-18(17)27)30-24-16-12-20(33(36)37)22(13-19(16)28-14-29-24)38-10-9-31-5-7-32(8-6-31)25(35)21-3-4-23(34)39-21/h1-2,11-14,21H,3-10H2,(H,28,29,30). The Bertz CT molecular complexity index is 1430. The number of nitrogens with zero attached hydrogens (tertiary/aromatic N) is 5. The van der Waals surface area contributed by atoms with Crippen molar-refractivity contribution in [2.24, 2.45) is 0 Å². The van der Waals surface area contributed by atoms with E-state index < -0.39 is 16.8 Å². The lowest BCUT2D eigenvalue weighted by atomic mass is 10.2. The first-order chi connectivity index (χ1) is 18.8. The van der Waals surface area contributed by atoms with Gasteiger partial charge in [-0.1, -0.05) is 11.6 Å². The van der Waals surface area contributed by atoms with Crippen molar-refractivity contribution in [3.05, 3.63) is 57.6 Å². The number of ether oxygens (including phenoxy) is 2. The van der Waals surface area contributed by atoms with Gasteiger partial charge < -0.3 is 19.7 Å². The highest BCUT2D eigenvalue weighted by atomic mass is 35.5. The Hall–Kier alpha value is -4.10. The van der Waals surface area contributed by atoms with E-state index in [0.29, 0.717) is 55.7 Å². The van der Waals surface area contributed by atoms with Gasteiger partial charge in [-0.3, -0.25) is 24.6 Å². The number of piperazine rings is 1. The van der Waals surface area contributed by atoms with Crippen LogP contribution in [0.1, 0.15) is 12.8 Å². The van der Waals surface area contributed by atoms with Gasteiger partial charge in [0.2, 0.25) is 0 Å². The summed E-state index contributed by atoms with van der Waals surface area (Å²) in [5.74, 6) is -0.722. The molecule has 0 aliphatic carbocycles. The first-order valence-corrected chi connectivity index (χ1v) is 12.6. The van der Waals surface area contributed by atoms with E-state index in [2.05, 4.69) is 20.2 Å². The number of fused-ring (bicyclic) bond motifs is 1. The quantitative estimate of drug-likeness (QED) is 0.249. The maximum Gasteiger partial charge on any atom is 0.311 e. The van der Waals surface area contributed by atoms with E-state index in [0.717, 1.165) is 0 Å². The van der Waals surface area contributed by atoms with Gasteiger partial charge in [-0.15, -0.1) is 0 Å². The first-order valence-electron chi connectivity index (χ1n) is 12.3. The van der Waals surface area contributed by atoms with E-state index in [1.54, 1.807) is 4.90 Å². The third-order valence-electron chi connectivity index (χ3n) is 6.60. The van der Waals surface area contributed by atoms with Gasteiger partial charge in [-0.05, 0) is 18.2 Å². The molecule has 1 N–H and O–H groups in total. The molecule has 2 saturated heterocycles. The van der Waals surface area contributed by atoms with Crippen LogP contribution in [-0.2, 0) is 14.3 Å². The second-order valence-electron chi connectivity index (χ2n) is 9.10. The number of amides is 1. The molecule has 2 aliphatic heterocycles. The minimum atomic E-state index is -0.686. The predicted octanol–water partition coefficient (Wildman–Crippen LogP) is 3.30. The van der Waals surface area contributed by atoms with Crippen LogP contribution in [0.2, 0.25) is 5.02 Å². The van der Waals surface area contributed by atoms with Gasteiger partial charge in [0.25, 0.3) is 5.91 Å². The number of hydrogen-bond acceptors (Lipinski definition) is 10. The molecule has 0 radical (unpaired) electrons. The number of carbonyl (C=O) groups is 2. The van der Waals surface area contributed by atoms with Crippen LogP contribution in [0.4, 0.5) is 21.6 Å². The summed E-state index contributed by atoms with van der Waals surface area (Å²) in [5, 5.41) is 15.1. The smallest absolute Gasteiger partial charge is 0.311 e. The number of cyclic esters (lactones) is 1. The average Bonchev–Trinajstić information content (AvgIpc) is 3.36. The molecule has 0 bridgehead atoms. The van der Waals surface area contributed by atoms with Crippen molar-refractivity contribution >= 4 is 51.6 Å². The number of nitrogens with one attached hydrogen (secondary N) is 1. The molecule has 3 heterocycles. The summed E-state index contributed by atoms with van der Waals surface area (Å²) in [7, 11) is 0. The van der Waals surface area contributed by atoms with Crippen molar-refractivity contribution < 1.29 is 28.4 Å². The van der Waals surface area contributed by atoms with E-state index in [1.807, 2.05) is 0 Å². The van der Waals surface area contributed by atoms with Crippen LogP contribution >= 0.6 is 11.6 Å². The summed E-state index contributed by atoms with van der Waals surface area (Å²) in [6.07, 6.45) is 1.30. The van der Waals surface area contributed by atoms with E-state index in [9.17, 15) is 24.1 Å². The number of aromatic nitrogens is 2. The number of esters is 1.